The third-order valence-corrected chi connectivity index (χ3v) is 5.12. The van der Waals surface area contributed by atoms with Crippen molar-refractivity contribution < 1.29 is 14.0 Å². The fourth-order valence-corrected chi connectivity index (χ4v) is 3.41. The third-order valence-electron chi connectivity index (χ3n) is 5.12. The maximum absolute atomic E-state index is 14.0. The van der Waals surface area contributed by atoms with Crippen LogP contribution in [0.25, 0.3) is 10.9 Å². The number of hydrogen-bond acceptors (Lipinski definition) is 3. The molecule has 2 heterocycles. The van der Waals surface area contributed by atoms with Crippen molar-refractivity contribution in [3.63, 3.8) is 0 Å². The van der Waals surface area contributed by atoms with E-state index in [0.717, 1.165) is 17.8 Å². The molecule has 28 heavy (non-hydrogen) atoms. The van der Waals surface area contributed by atoms with Gasteiger partial charge in [-0.3, -0.25) is 9.59 Å². The molecule has 1 aliphatic rings. The summed E-state index contributed by atoms with van der Waals surface area (Å²) in [6.45, 7) is 3.57. The first-order chi connectivity index (χ1) is 13.4. The van der Waals surface area contributed by atoms with Gasteiger partial charge in [-0.05, 0) is 42.8 Å². The zero-order valence-electron chi connectivity index (χ0n) is 15.8. The molecule has 7 heteroatoms. The summed E-state index contributed by atoms with van der Waals surface area (Å²) < 4.78 is 14.0. The van der Waals surface area contributed by atoms with E-state index in [4.69, 9.17) is 0 Å². The Bertz CT molecular complexity index is 1040. The van der Waals surface area contributed by atoms with Crippen molar-refractivity contribution in [3.8, 4) is 0 Å². The number of carbonyl (C=O) groups excluding carboxylic acids is 2. The van der Waals surface area contributed by atoms with Gasteiger partial charge in [0.05, 0.1) is 12.1 Å². The van der Waals surface area contributed by atoms with Gasteiger partial charge in [-0.15, -0.1) is 0 Å². The average Bonchev–Trinajstić information content (AvgIpc) is 3.14. The number of aryl methyl sites for hydroxylation is 1. The van der Waals surface area contributed by atoms with Crippen molar-refractivity contribution in [1.29, 1.82) is 0 Å². The molecule has 0 saturated carbocycles. The monoisotopic (exact) mass is 380 g/mol. The first-order valence-corrected chi connectivity index (χ1v) is 9.10. The van der Waals surface area contributed by atoms with Crippen LogP contribution in [0.3, 0.4) is 0 Å². The van der Waals surface area contributed by atoms with Gasteiger partial charge in [-0.1, -0.05) is 12.1 Å². The number of amides is 2. The second-order valence-electron chi connectivity index (χ2n) is 7.08. The number of aromatic nitrogens is 1. The summed E-state index contributed by atoms with van der Waals surface area (Å²) in [6, 6.07) is 12.0. The van der Waals surface area contributed by atoms with Gasteiger partial charge in [-0.25, -0.2) is 4.39 Å². The van der Waals surface area contributed by atoms with Gasteiger partial charge < -0.3 is 20.1 Å². The lowest BCUT2D eigenvalue weighted by molar-refractivity contribution is -0.129. The molecule has 144 valence electrons. The second kappa shape index (κ2) is 6.99. The average molecular weight is 380 g/mol. The molecule has 2 amide bonds. The van der Waals surface area contributed by atoms with E-state index in [1.165, 1.54) is 12.1 Å². The predicted molar refractivity (Wildman–Crippen MR) is 107 cm³/mol. The van der Waals surface area contributed by atoms with E-state index in [2.05, 4.69) is 10.3 Å². The minimum atomic E-state index is -0.363. The largest absolute Gasteiger partial charge is 0.360 e. The minimum absolute atomic E-state index is 0.0659. The standard InChI is InChI=1S/C21H21FN4O2/c1-13-6-7-17(22)16-11-18(24-20(13)16)21(28)23-14-4-3-5-15(10-14)26-9-8-25(2)19(27)12-26/h3-7,10-11,24H,8-9,12H2,1-2H3,(H,23,28). The summed E-state index contributed by atoms with van der Waals surface area (Å²) in [6.07, 6.45) is 0. The first kappa shape index (κ1) is 18.0. The topological polar surface area (TPSA) is 68.4 Å². The van der Waals surface area contributed by atoms with Crippen molar-refractivity contribution in [3.05, 3.63) is 59.5 Å². The molecule has 1 saturated heterocycles. The van der Waals surface area contributed by atoms with Crippen molar-refractivity contribution in [1.82, 2.24) is 9.88 Å². The van der Waals surface area contributed by atoms with Crippen LogP contribution in [-0.4, -0.2) is 48.4 Å². The molecule has 0 atom stereocenters. The van der Waals surface area contributed by atoms with Crippen LogP contribution in [0.1, 0.15) is 16.1 Å². The lowest BCUT2D eigenvalue weighted by atomic mass is 10.1. The summed E-state index contributed by atoms with van der Waals surface area (Å²) in [4.78, 5) is 31.3. The van der Waals surface area contributed by atoms with Crippen molar-refractivity contribution >= 4 is 34.1 Å². The molecular weight excluding hydrogens is 359 g/mol. The van der Waals surface area contributed by atoms with Crippen LogP contribution in [0.2, 0.25) is 0 Å². The van der Waals surface area contributed by atoms with Crippen LogP contribution in [-0.2, 0) is 4.79 Å². The van der Waals surface area contributed by atoms with Gasteiger partial charge in [0.2, 0.25) is 5.91 Å². The summed E-state index contributed by atoms with van der Waals surface area (Å²) >= 11 is 0. The molecule has 4 rings (SSSR count). The molecule has 1 fully saturated rings. The van der Waals surface area contributed by atoms with Crippen LogP contribution in [0.4, 0.5) is 15.8 Å². The number of rotatable bonds is 3. The van der Waals surface area contributed by atoms with E-state index in [-0.39, 0.29) is 17.6 Å². The number of anilines is 2. The quantitative estimate of drug-likeness (QED) is 0.734. The summed E-state index contributed by atoms with van der Waals surface area (Å²) in [7, 11) is 1.79. The highest BCUT2D eigenvalue weighted by Crippen LogP contribution is 2.24. The predicted octanol–water partition coefficient (Wildman–Crippen LogP) is 3.15. The van der Waals surface area contributed by atoms with Gasteiger partial charge in [0.15, 0.2) is 0 Å². The van der Waals surface area contributed by atoms with Crippen LogP contribution in [0.5, 0.6) is 0 Å². The SMILES string of the molecule is Cc1ccc(F)c2cc(C(=O)Nc3cccc(N4CCN(C)C(=O)C4)c3)[nH]c12. The van der Waals surface area contributed by atoms with E-state index in [1.807, 2.05) is 30.0 Å². The molecule has 0 unspecified atom stereocenters. The van der Waals surface area contributed by atoms with E-state index in [9.17, 15) is 14.0 Å². The van der Waals surface area contributed by atoms with Crippen LogP contribution >= 0.6 is 0 Å². The molecule has 0 radical (unpaired) electrons. The van der Waals surface area contributed by atoms with Gasteiger partial charge in [-0.2, -0.15) is 0 Å². The fraction of sp³-hybridized carbons (Fsp3) is 0.238. The molecule has 6 nitrogen and oxygen atoms in total. The number of carbonyl (C=O) groups is 2. The number of halogens is 1. The molecule has 0 aliphatic carbocycles. The lowest BCUT2D eigenvalue weighted by Gasteiger charge is -2.33. The molecule has 3 aromatic rings. The Balaban J connectivity index is 1.55. The number of hydrogen-bond donors (Lipinski definition) is 2. The molecule has 0 bridgehead atoms. The van der Waals surface area contributed by atoms with Crippen LogP contribution in [0.15, 0.2) is 42.5 Å². The smallest absolute Gasteiger partial charge is 0.272 e. The Morgan fingerprint density at radius 1 is 1.18 bits per heavy atom. The van der Waals surface area contributed by atoms with E-state index >= 15 is 0 Å². The first-order valence-electron chi connectivity index (χ1n) is 9.10. The van der Waals surface area contributed by atoms with E-state index < -0.39 is 0 Å². The number of H-pyrrole nitrogens is 1. The molecule has 1 aliphatic heterocycles. The normalized spacial score (nSPS) is 14.6. The molecule has 0 spiro atoms. The molecular formula is C21H21FN4O2. The number of nitrogens with zero attached hydrogens (tertiary/aromatic N) is 2. The van der Waals surface area contributed by atoms with Gasteiger partial charge in [0.25, 0.3) is 5.91 Å². The van der Waals surface area contributed by atoms with E-state index in [0.29, 0.717) is 35.4 Å². The maximum Gasteiger partial charge on any atom is 0.272 e. The number of benzene rings is 2. The minimum Gasteiger partial charge on any atom is -0.360 e. The van der Waals surface area contributed by atoms with E-state index in [1.54, 1.807) is 24.1 Å². The Hall–Kier alpha value is -3.35. The fourth-order valence-electron chi connectivity index (χ4n) is 3.41. The Morgan fingerprint density at radius 3 is 2.75 bits per heavy atom. The highest BCUT2D eigenvalue weighted by atomic mass is 19.1. The molecule has 1 aromatic heterocycles. The maximum atomic E-state index is 14.0. The lowest BCUT2D eigenvalue weighted by Crippen LogP contribution is -2.48. The third kappa shape index (κ3) is 3.31. The van der Waals surface area contributed by atoms with Gasteiger partial charge in [0, 0.05) is 36.9 Å². The second-order valence-corrected chi connectivity index (χ2v) is 7.08. The highest BCUT2D eigenvalue weighted by molar-refractivity contribution is 6.06. The summed E-state index contributed by atoms with van der Waals surface area (Å²) in [5.41, 5.74) is 3.28. The Kier molecular flexibility index (Phi) is 4.50. The summed E-state index contributed by atoms with van der Waals surface area (Å²) in [5.74, 6) is -0.643. The van der Waals surface area contributed by atoms with Crippen molar-refractivity contribution in [2.75, 3.05) is 36.9 Å². The number of fused-ring (bicyclic) bond motifs is 1. The molecule has 2 N–H and O–H groups in total. The van der Waals surface area contributed by atoms with Crippen molar-refractivity contribution in [2.24, 2.45) is 0 Å². The number of nitrogens with one attached hydrogen (secondary N) is 2. The Labute approximate surface area is 161 Å². The van der Waals surface area contributed by atoms with Crippen LogP contribution < -0.4 is 10.2 Å². The molecule has 2 aromatic carbocycles. The van der Waals surface area contributed by atoms with Crippen molar-refractivity contribution in [2.45, 2.75) is 6.92 Å². The number of aromatic amines is 1. The Morgan fingerprint density at radius 2 is 2.00 bits per heavy atom. The van der Waals surface area contributed by atoms with Gasteiger partial charge >= 0.3 is 0 Å². The zero-order chi connectivity index (χ0) is 19.8. The van der Waals surface area contributed by atoms with Crippen LogP contribution in [0, 0.1) is 12.7 Å². The zero-order valence-corrected chi connectivity index (χ0v) is 15.8. The van der Waals surface area contributed by atoms with Gasteiger partial charge in [0.1, 0.15) is 11.5 Å². The number of piperazine rings is 1. The summed E-state index contributed by atoms with van der Waals surface area (Å²) in [5, 5.41) is 3.24. The highest BCUT2D eigenvalue weighted by Gasteiger charge is 2.21. The number of likely N-dealkylation sites (N-methyl/N-ethyl adjacent to an activating group) is 1.